The van der Waals surface area contributed by atoms with Gasteiger partial charge in [-0.25, -0.2) is 4.98 Å². The summed E-state index contributed by atoms with van der Waals surface area (Å²) in [4.78, 5) is 16.6. The van der Waals surface area contributed by atoms with Gasteiger partial charge in [0.05, 0.1) is 12.1 Å². The summed E-state index contributed by atoms with van der Waals surface area (Å²) in [5, 5.41) is 5.54. The van der Waals surface area contributed by atoms with Crippen LogP contribution in [-0.2, 0) is 17.0 Å². The minimum atomic E-state index is -0.0704. The quantitative estimate of drug-likeness (QED) is 0.463. The summed E-state index contributed by atoms with van der Waals surface area (Å²) in [6.07, 6.45) is 0.268. The predicted octanol–water partition coefficient (Wildman–Crippen LogP) is 6.03. The maximum Gasteiger partial charge on any atom is 0.230 e. The summed E-state index contributed by atoms with van der Waals surface area (Å²) in [6.45, 7) is 0. The second-order valence-corrected chi connectivity index (χ2v) is 8.69. The lowest BCUT2D eigenvalue weighted by atomic mass is 10.2. The molecular formula is C18H14BrClN2OS2. The van der Waals surface area contributed by atoms with Crippen molar-refractivity contribution in [3.05, 3.63) is 74.7 Å². The van der Waals surface area contributed by atoms with Crippen molar-refractivity contribution >= 4 is 62.2 Å². The first-order chi connectivity index (χ1) is 12.1. The zero-order chi connectivity index (χ0) is 17.6. The average Bonchev–Trinajstić information content (AvgIpc) is 3.02. The monoisotopic (exact) mass is 452 g/mol. The number of rotatable bonds is 6. The lowest BCUT2D eigenvalue weighted by molar-refractivity contribution is -0.115. The zero-order valence-corrected chi connectivity index (χ0v) is 17.0. The van der Waals surface area contributed by atoms with Crippen LogP contribution in [0.5, 0.6) is 0 Å². The number of nitrogens with zero attached hydrogens (tertiary/aromatic N) is 1. The van der Waals surface area contributed by atoms with Crippen molar-refractivity contribution in [1.29, 1.82) is 0 Å². The summed E-state index contributed by atoms with van der Waals surface area (Å²) in [5.74, 6) is 0.734. The molecule has 0 aliphatic heterocycles. The van der Waals surface area contributed by atoms with E-state index in [1.807, 2.05) is 53.9 Å². The lowest BCUT2D eigenvalue weighted by Crippen LogP contribution is -2.14. The molecule has 0 unspecified atom stereocenters. The minimum absolute atomic E-state index is 0.0704. The third kappa shape index (κ3) is 5.85. The minimum Gasteiger partial charge on any atom is -0.326 e. The Morgan fingerprint density at radius 2 is 2.04 bits per heavy atom. The van der Waals surface area contributed by atoms with E-state index in [4.69, 9.17) is 11.6 Å². The van der Waals surface area contributed by atoms with Gasteiger partial charge in [-0.3, -0.25) is 4.79 Å². The summed E-state index contributed by atoms with van der Waals surface area (Å²) in [5.41, 5.74) is 2.72. The van der Waals surface area contributed by atoms with Gasteiger partial charge in [-0.2, -0.15) is 0 Å². The molecule has 1 heterocycles. The number of nitrogens with one attached hydrogen (secondary N) is 1. The first-order valence-electron chi connectivity index (χ1n) is 7.45. The molecule has 25 heavy (non-hydrogen) atoms. The molecule has 2 aromatic carbocycles. The van der Waals surface area contributed by atoms with Crippen LogP contribution in [0.1, 0.15) is 11.3 Å². The Bertz CT molecular complexity index is 868. The van der Waals surface area contributed by atoms with Crippen LogP contribution in [0.25, 0.3) is 0 Å². The van der Waals surface area contributed by atoms with E-state index < -0.39 is 0 Å². The number of amides is 1. The number of anilines is 1. The Hall–Kier alpha value is -1.34. The molecule has 128 valence electrons. The van der Waals surface area contributed by atoms with Gasteiger partial charge in [0.25, 0.3) is 0 Å². The second-order valence-electron chi connectivity index (χ2n) is 5.26. The van der Waals surface area contributed by atoms with Gasteiger partial charge in [-0.1, -0.05) is 51.4 Å². The molecule has 1 N–H and O–H groups in total. The highest BCUT2D eigenvalue weighted by molar-refractivity contribution is 9.10. The van der Waals surface area contributed by atoms with E-state index in [-0.39, 0.29) is 12.3 Å². The third-order valence-electron chi connectivity index (χ3n) is 3.25. The van der Waals surface area contributed by atoms with Crippen molar-refractivity contribution in [3.8, 4) is 0 Å². The van der Waals surface area contributed by atoms with Crippen molar-refractivity contribution in [2.45, 2.75) is 16.5 Å². The van der Waals surface area contributed by atoms with E-state index in [1.54, 1.807) is 23.1 Å². The molecule has 3 nitrogen and oxygen atoms in total. The van der Waals surface area contributed by atoms with Gasteiger partial charge in [0.1, 0.15) is 4.34 Å². The molecule has 0 radical (unpaired) electrons. The van der Waals surface area contributed by atoms with Gasteiger partial charge in [0.2, 0.25) is 5.91 Å². The van der Waals surface area contributed by atoms with Crippen LogP contribution < -0.4 is 5.32 Å². The fourth-order valence-corrected chi connectivity index (χ4v) is 4.38. The van der Waals surface area contributed by atoms with Gasteiger partial charge in [0, 0.05) is 26.3 Å². The third-order valence-corrected chi connectivity index (χ3v) is 6.16. The van der Waals surface area contributed by atoms with Crippen molar-refractivity contribution < 1.29 is 4.79 Å². The topological polar surface area (TPSA) is 42.0 Å². The predicted molar refractivity (Wildman–Crippen MR) is 110 cm³/mol. The number of thioether (sulfide) groups is 1. The molecule has 0 aliphatic carbocycles. The van der Waals surface area contributed by atoms with Gasteiger partial charge in [0.15, 0.2) is 0 Å². The molecule has 0 bridgehead atoms. The maximum absolute atomic E-state index is 12.1. The number of carbonyl (C=O) groups excluding carboxylic acids is 1. The SMILES string of the molecule is O=C(Cc1csc(SCc2cccc(Cl)c2)n1)Nc1ccc(Br)cc1. The van der Waals surface area contributed by atoms with E-state index in [1.165, 1.54) is 0 Å². The van der Waals surface area contributed by atoms with Gasteiger partial charge >= 0.3 is 0 Å². The number of carbonyl (C=O) groups is 1. The van der Waals surface area contributed by atoms with Gasteiger partial charge < -0.3 is 5.32 Å². The van der Waals surface area contributed by atoms with Crippen LogP contribution in [0.3, 0.4) is 0 Å². The van der Waals surface area contributed by atoms with E-state index in [0.717, 1.165) is 36.5 Å². The lowest BCUT2D eigenvalue weighted by Gasteiger charge is -2.03. The Balaban J connectivity index is 1.52. The van der Waals surface area contributed by atoms with Crippen LogP contribution >= 0.6 is 50.6 Å². The zero-order valence-electron chi connectivity index (χ0n) is 13.0. The van der Waals surface area contributed by atoms with Crippen molar-refractivity contribution in [3.63, 3.8) is 0 Å². The van der Waals surface area contributed by atoms with E-state index >= 15 is 0 Å². The normalized spacial score (nSPS) is 10.6. The molecule has 0 aliphatic rings. The summed E-state index contributed by atoms with van der Waals surface area (Å²) in [7, 11) is 0. The molecule has 0 atom stereocenters. The Morgan fingerprint density at radius 3 is 2.80 bits per heavy atom. The maximum atomic E-state index is 12.1. The highest BCUT2D eigenvalue weighted by Crippen LogP contribution is 2.27. The second kappa shape index (κ2) is 8.85. The van der Waals surface area contributed by atoms with E-state index in [9.17, 15) is 4.79 Å². The Morgan fingerprint density at radius 1 is 1.24 bits per heavy atom. The number of hydrogen-bond donors (Lipinski definition) is 1. The molecular weight excluding hydrogens is 440 g/mol. The van der Waals surface area contributed by atoms with Crippen molar-refractivity contribution in [1.82, 2.24) is 4.98 Å². The van der Waals surface area contributed by atoms with Crippen LogP contribution in [0.15, 0.2) is 62.7 Å². The Kier molecular flexibility index (Phi) is 6.53. The highest BCUT2D eigenvalue weighted by Gasteiger charge is 2.09. The molecule has 1 amide bonds. The summed E-state index contributed by atoms with van der Waals surface area (Å²) >= 11 is 12.6. The van der Waals surface area contributed by atoms with Crippen molar-refractivity contribution in [2.24, 2.45) is 0 Å². The van der Waals surface area contributed by atoms with Crippen LogP contribution in [0.4, 0.5) is 5.69 Å². The van der Waals surface area contributed by atoms with E-state index in [0.29, 0.717) is 0 Å². The molecule has 0 saturated heterocycles. The standard InChI is InChI=1S/C18H14BrClN2OS2/c19-13-4-6-15(7-5-13)21-17(23)9-16-11-25-18(22-16)24-10-12-2-1-3-14(20)8-12/h1-8,11H,9-10H2,(H,21,23). The number of halogens is 2. The molecule has 0 fully saturated rings. The Labute approximate surface area is 168 Å². The molecule has 3 rings (SSSR count). The number of hydrogen-bond acceptors (Lipinski definition) is 4. The number of benzene rings is 2. The van der Waals surface area contributed by atoms with Crippen LogP contribution in [0, 0.1) is 0 Å². The first-order valence-corrected chi connectivity index (χ1v) is 10.5. The fraction of sp³-hybridized carbons (Fsp3) is 0.111. The molecule has 0 spiro atoms. The molecule has 3 aromatic rings. The molecule has 0 saturated carbocycles. The fourth-order valence-electron chi connectivity index (χ4n) is 2.11. The highest BCUT2D eigenvalue weighted by atomic mass is 79.9. The number of thiazole rings is 1. The van der Waals surface area contributed by atoms with Gasteiger partial charge in [-0.05, 0) is 42.0 Å². The molecule has 7 heteroatoms. The van der Waals surface area contributed by atoms with Gasteiger partial charge in [-0.15, -0.1) is 11.3 Å². The summed E-state index contributed by atoms with van der Waals surface area (Å²) < 4.78 is 1.93. The first kappa shape index (κ1) is 18.5. The average molecular weight is 454 g/mol. The van der Waals surface area contributed by atoms with Crippen LogP contribution in [-0.4, -0.2) is 10.9 Å². The smallest absolute Gasteiger partial charge is 0.230 e. The van der Waals surface area contributed by atoms with Crippen molar-refractivity contribution in [2.75, 3.05) is 5.32 Å². The van der Waals surface area contributed by atoms with E-state index in [2.05, 4.69) is 26.2 Å². The molecule has 1 aromatic heterocycles. The largest absolute Gasteiger partial charge is 0.326 e. The number of aromatic nitrogens is 1. The summed E-state index contributed by atoms with van der Waals surface area (Å²) in [6, 6.07) is 15.3. The van der Waals surface area contributed by atoms with Crippen LogP contribution in [0.2, 0.25) is 5.02 Å².